The summed E-state index contributed by atoms with van der Waals surface area (Å²) in [4.78, 5) is 22.5. The summed E-state index contributed by atoms with van der Waals surface area (Å²) in [6.07, 6.45) is 6.26. The number of sulfonamides is 1. The highest BCUT2D eigenvalue weighted by molar-refractivity contribution is 7.92. The van der Waals surface area contributed by atoms with Gasteiger partial charge in [-0.25, -0.2) is 13.4 Å². The van der Waals surface area contributed by atoms with Crippen molar-refractivity contribution in [3.05, 3.63) is 42.3 Å². The number of aliphatic hydroxyl groups excluding tert-OH is 1. The van der Waals surface area contributed by atoms with Gasteiger partial charge in [0.2, 0.25) is 10.0 Å². The van der Waals surface area contributed by atoms with E-state index in [4.69, 9.17) is 14.3 Å². The molecule has 6 rings (SSSR count). The number of hydrogen-bond acceptors (Lipinski definition) is 9. The van der Waals surface area contributed by atoms with E-state index in [1.165, 1.54) is 12.8 Å². The van der Waals surface area contributed by atoms with Gasteiger partial charge in [-0.05, 0) is 61.4 Å². The molecule has 0 unspecified atom stereocenters. The SMILES string of the molecule is O=C(Nc1ccc(NS(=O)(=O)CCO)cc1N1CCC2(CC1)CC2)c1cc2ccoc2c(N2CCOCC2)n1. The number of piperidine rings is 1. The molecule has 1 spiro atoms. The van der Waals surface area contributed by atoms with Crippen LogP contribution in [-0.2, 0) is 14.8 Å². The van der Waals surface area contributed by atoms with Crippen LogP contribution in [0, 0.1) is 5.41 Å². The Hall–Kier alpha value is -3.35. The molecule has 2 aromatic heterocycles. The van der Waals surface area contributed by atoms with Crippen LogP contribution in [0.15, 0.2) is 41.0 Å². The predicted molar refractivity (Wildman–Crippen MR) is 149 cm³/mol. The van der Waals surface area contributed by atoms with Crippen LogP contribution in [-0.4, -0.2) is 76.2 Å². The molecule has 0 radical (unpaired) electrons. The zero-order valence-electron chi connectivity index (χ0n) is 21.7. The number of pyridine rings is 1. The molecule has 2 saturated heterocycles. The zero-order chi connectivity index (χ0) is 27.0. The minimum Gasteiger partial charge on any atom is -0.460 e. The molecule has 208 valence electrons. The van der Waals surface area contributed by atoms with E-state index in [1.54, 1.807) is 30.5 Å². The highest BCUT2D eigenvalue weighted by Crippen LogP contribution is 2.54. The highest BCUT2D eigenvalue weighted by atomic mass is 32.2. The Labute approximate surface area is 227 Å². The molecule has 12 heteroatoms. The van der Waals surface area contributed by atoms with E-state index in [1.807, 2.05) is 6.07 Å². The van der Waals surface area contributed by atoms with Gasteiger partial charge in [-0.2, -0.15) is 0 Å². The molecule has 0 bridgehead atoms. The van der Waals surface area contributed by atoms with Gasteiger partial charge in [0.05, 0.1) is 48.9 Å². The molecule has 3 aromatic rings. The predicted octanol–water partition coefficient (Wildman–Crippen LogP) is 3.03. The molecule has 3 N–H and O–H groups in total. The Morgan fingerprint density at radius 3 is 2.51 bits per heavy atom. The first-order valence-electron chi connectivity index (χ1n) is 13.4. The summed E-state index contributed by atoms with van der Waals surface area (Å²) < 4.78 is 38.3. The number of amides is 1. The summed E-state index contributed by atoms with van der Waals surface area (Å²) in [5.41, 5.74) is 3.08. The third-order valence-electron chi connectivity index (χ3n) is 7.96. The Balaban J connectivity index is 1.30. The number of furan rings is 1. The molecule has 11 nitrogen and oxygen atoms in total. The van der Waals surface area contributed by atoms with Crippen LogP contribution in [0.4, 0.5) is 22.9 Å². The number of hydrogen-bond donors (Lipinski definition) is 3. The first kappa shape index (κ1) is 25.9. The van der Waals surface area contributed by atoms with E-state index in [2.05, 4.69) is 24.8 Å². The Kier molecular flexibility index (Phi) is 6.86. The van der Waals surface area contributed by atoms with Crippen LogP contribution in [0.3, 0.4) is 0 Å². The van der Waals surface area contributed by atoms with Crippen molar-refractivity contribution >= 4 is 49.8 Å². The molecule has 0 atom stereocenters. The maximum Gasteiger partial charge on any atom is 0.274 e. The van der Waals surface area contributed by atoms with Crippen molar-refractivity contribution in [2.24, 2.45) is 5.41 Å². The van der Waals surface area contributed by atoms with Gasteiger partial charge in [-0.3, -0.25) is 9.52 Å². The molecule has 2 aliphatic heterocycles. The van der Waals surface area contributed by atoms with Crippen molar-refractivity contribution < 1.29 is 27.5 Å². The number of ether oxygens (including phenoxy) is 1. The molecule has 1 aliphatic carbocycles. The lowest BCUT2D eigenvalue weighted by Crippen LogP contribution is -2.37. The number of rotatable bonds is 8. The van der Waals surface area contributed by atoms with E-state index < -0.39 is 16.6 Å². The van der Waals surface area contributed by atoms with E-state index in [9.17, 15) is 13.2 Å². The van der Waals surface area contributed by atoms with E-state index in [0.29, 0.717) is 54.5 Å². The average molecular weight is 556 g/mol. The zero-order valence-corrected chi connectivity index (χ0v) is 22.5. The average Bonchev–Trinajstić information content (AvgIpc) is 3.50. The maximum absolute atomic E-state index is 13.6. The van der Waals surface area contributed by atoms with Gasteiger partial charge >= 0.3 is 0 Å². The number of carbonyl (C=O) groups excluding carboxylic acids is 1. The van der Waals surface area contributed by atoms with Crippen molar-refractivity contribution in [3.8, 4) is 0 Å². The number of fused-ring (bicyclic) bond motifs is 1. The Bertz CT molecular complexity index is 1470. The lowest BCUT2D eigenvalue weighted by molar-refractivity contribution is 0.102. The minimum atomic E-state index is -3.69. The van der Waals surface area contributed by atoms with Crippen molar-refractivity contribution in [3.63, 3.8) is 0 Å². The number of aromatic nitrogens is 1. The smallest absolute Gasteiger partial charge is 0.274 e. The number of nitrogens with zero attached hydrogens (tertiary/aromatic N) is 3. The van der Waals surface area contributed by atoms with Crippen LogP contribution in [0.5, 0.6) is 0 Å². The Morgan fingerprint density at radius 2 is 1.79 bits per heavy atom. The fraction of sp³-hybridized carbons (Fsp3) is 0.481. The number of anilines is 4. The van der Waals surface area contributed by atoms with Gasteiger partial charge < -0.3 is 29.4 Å². The molecule has 3 fully saturated rings. The van der Waals surface area contributed by atoms with Crippen LogP contribution < -0.4 is 19.8 Å². The number of carbonyl (C=O) groups is 1. The second kappa shape index (κ2) is 10.3. The molecule has 39 heavy (non-hydrogen) atoms. The molecule has 3 aliphatic rings. The quantitative estimate of drug-likeness (QED) is 0.383. The van der Waals surface area contributed by atoms with Gasteiger partial charge in [-0.1, -0.05) is 0 Å². The number of benzene rings is 1. The van der Waals surface area contributed by atoms with Crippen molar-refractivity contribution in [1.29, 1.82) is 0 Å². The second-order valence-corrected chi connectivity index (χ2v) is 12.4. The summed E-state index contributed by atoms with van der Waals surface area (Å²) in [7, 11) is -3.69. The Morgan fingerprint density at radius 1 is 1.03 bits per heavy atom. The van der Waals surface area contributed by atoms with Crippen LogP contribution in [0.2, 0.25) is 0 Å². The van der Waals surface area contributed by atoms with E-state index in [-0.39, 0.29) is 17.4 Å². The second-order valence-electron chi connectivity index (χ2n) is 10.6. The minimum absolute atomic E-state index is 0.264. The van der Waals surface area contributed by atoms with Gasteiger partial charge in [0.15, 0.2) is 11.4 Å². The fourth-order valence-electron chi connectivity index (χ4n) is 5.46. The van der Waals surface area contributed by atoms with E-state index >= 15 is 0 Å². The third-order valence-corrected chi connectivity index (χ3v) is 9.23. The number of nitrogens with one attached hydrogen (secondary N) is 2. The number of aliphatic hydroxyl groups is 1. The maximum atomic E-state index is 13.6. The standard InChI is InChI=1S/C27H33N5O6S/c33-12-16-39(35,36)30-20-1-2-21(23(18-20)31-8-6-27(4-5-27)7-9-31)29-26(34)22-17-19-3-13-38-24(19)25(28-22)32-10-14-37-15-11-32/h1-3,13,17-18,30,33H,4-12,14-16H2,(H,29,34). The molecular formula is C27H33N5O6S. The first-order valence-corrected chi connectivity index (χ1v) is 15.0. The molecular weight excluding hydrogens is 522 g/mol. The molecule has 1 amide bonds. The highest BCUT2D eigenvalue weighted by Gasteiger charge is 2.44. The van der Waals surface area contributed by atoms with Crippen molar-refractivity contribution in [2.75, 3.05) is 71.6 Å². The summed E-state index contributed by atoms with van der Waals surface area (Å²) in [6.45, 7) is 3.66. The van der Waals surface area contributed by atoms with E-state index in [0.717, 1.165) is 37.0 Å². The summed E-state index contributed by atoms with van der Waals surface area (Å²) in [5.74, 6) is -0.135. The topological polar surface area (TPSA) is 137 Å². The monoisotopic (exact) mass is 555 g/mol. The normalized spacial score (nSPS) is 18.9. The van der Waals surface area contributed by atoms with Crippen LogP contribution in [0.1, 0.15) is 36.2 Å². The van der Waals surface area contributed by atoms with Crippen LogP contribution >= 0.6 is 0 Å². The van der Waals surface area contributed by atoms with Gasteiger partial charge in [0.25, 0.3) is 5.91 Å². The largest absolute Gasteiger partial charge is 0.460 e. The number of morpholine rings is 1. The van der Waals surface area contributed by atoms with Gasteiger partial charge in [0, 0.05) is 31.6 Å². The summed E-state index contributed by atoms with van der Waals surface area (Å²) in [6, 6.07) is 8.61. The van der Waals surface area contributed by atoms with Crippen molar-refractivity contribution in [2.45, 2.75) is 25.7 Å². The summed E-state index contributed by atoms with van der Waals surface area (Å²) in [5, 5.41) is 12.9. The molecule has 4 heterocycles. The third kappa shape index (κ3) is 5.54. The van der Waals surface area contributed by atoms with Gasteiger partial charge in [0.1, 0.15) is 5.69 Å². The fourth-order valence-corrected chi connectivity index (χ4v) is 6.29. The van der Waals surface area contributed by atoms with Crippen molar-refractivity contribution in [1.82, 2.24) is 4.98 Å². The summed E-state index contributed by atoms with van der Waals surface area (Å²) >= 11 is 0. The van der Waals surface area contributed by atoms with Crippen LogP contribution in [0.25, 0.3) is 11.0 Å². The molecule has 1 saturated carbocycles. The van der Waals surface area contributed by atoms with Gasteiger partial charge in [-0.15, -0.1) is 0 Å². The lowest BCUT2D eigenvalue weighted by atomic mass is 9.93. The lowest BCUT2D eigenvalue weighted by Gasteiger charge is -2.35. The molecule has 1 aromatic carbocycles. The first-order chi connectivity index (χ1) is 18.8.